The Kier molecular flexibility index (Phi) is 2.69. The van der Waals surface area contributed by atoms with Crippen LogP contribution in [0.4, 0.5) is 0 Å². The smallest absolute Gasteiger partial charge is 0.0614 e. The Hall–Kier alpha value is -0.0800. The Labute approximate surface area is 62.2 Å². The number of hydrogen-bond donors (Lipinski definition) is 1. The van der Waals surface area contributed by atoms with E-state index in [4.69, 9.17) is 4.74 Å². The molecule has 0 aliphatic carbocycles. The third-order valence-corrected chi connectivity index (χ3v) is 2.22. The highest BCUT2D eigenvalue weighted by Crippen LogP contribution is 2.21. The van der Waals surface area contributed by atoms with Crippen LogP contribution in [0.15, 0.2) is 0 Å². The summed E-state index contributed by atoms with van der Waals surface area (Å²) >= 11 is 0. The number of hydrogen-bond acceptors (Lipinski definition) is 2. The van der Waals surface area contributed by atoms with E-state index >= 15 is 0 Å². The first-order chi connectivity index (χ1) is 4.72. The van der Waals surface area contributed by atoms with Crippen molar-refractivity contribution in [2.45, 2.75) is 26.4 Å². The van der Waals surface area contributed by atoms with Gasteiger partial charge in [-0.25, -0.2) is 0 Å². The summed E-state index contributed by atoms with van der Waals surface area (Å²) in [7, 11) is 0. The zero-order valence-corrected chi connectivity index (χ0v) is 6.71. The van der Waals surface area contributed by atoms with Crippen LogP contribution < -0.4 is 0 Å². The largest absolute Gasteiger partial charge is 0.393 e. The molecule has 2 nitrogen and oxygen atoms in total. The van der Waals surface area contributed by atoms with Crippen LogP contribution in [-0.4, -0.2) is 24.4 Å². The van der Waals surface area contributed by atoms with Gasteiger partial charge >= 0.3 is 0 Å². The Balaban J connectivity index is 2.40. The molecule has 1 heterocycles. The molecule has 0 bridgehead atoms. The Morgan fingerprint density at radius 1 is 1.50 bits per heavy atom. The van der Waals surface area contributed by atoms with Crippen LogP contribution in [0.2, 0.25) is 0 Å². The average Bonchev–Trinajstić information content (AvgIpc) is 1.88. The van der Waals surface area contributed by atoms with Gasteiger partial charge in [-0.05, 0) is 12.3 Å². The van der Waals surface area contributed by atoms with Crippen LogP contribution in [-0.2, 0) is 4.74 Å². The molecule has 1 aliphatic heterocycles. The van der Waals surface area contributed by atoms with E-state index in [1.807, 2.05) is 0 Å². The van der Waals surface area contributed by atoms with Crippen molar-refractivity contribution in [3.63, 3.8) is 0 Å². The van der Waals surface area contributed by atoms with Gasteiger partial charge in [0.1, 0.15) is 0 Å². The van der Waals surface area contributed by atoms with Crippen molar-refractivity contribution in [2.75, 3.05) is 13.2 Å². The van der Waals surface area contributed by atoms with Crippen molar-refractivity contribution in [1.29, 1.82) is 0 Å². The van der Waals surface area contributed by atoms with Crippen molar-refractivity contribution in [2.24, 2.45) is 11.8 Å². The van der Waals surface area contributed by atoms with E-state index in [9.17, 15) is 5.11 Å². The SMILES string of the molecule is CC(C)C1COCCC1O. The summed E-state index contributed by atoms with van der Waals surface area (Å²) in [5.41, 5.74) is 0. The highest BCUT2D eigenvalue weighted by atomic mass is 16.5. The summed E-state index contributed by atoms with van der Waals surface area (Å²) in [6.07, 6.45) is 0.678. The Morgan fingerprint density at radius 2 is 2.20 bits per heavy atom. The second kappa shape index (κ2) is 3.35. The van der Waals surface area contributed by atoms with E-state index in [1.54, 1.807) is 0 Å². The quantitative estimate of drug-likeness (QED) is 0.596. The molecule has 2 atom stereocenters. The summed E-state index contributed by atoms with van der Waals surface area (Å²) < 4.78 is 5.25. The van der Waals surface area contributed by atoms with Gasteiger partial charge in [0.05, 0.1) is 12.7 Å². The molecule has 0 aromatic carbocycles. The van der Waals surface area contributed by atoms with Gasteiger partial charge in [-0.2, -0.15) is 0 Å². The molecule has 2 heteroatoms. The zero-order valence-electron chi connectivity index (χ0n) is 6.71. The van der Waals surface area contributed by atoms with Crippen molar-refractivity contribution < 1.29 is 9.84 Å². The number of aliphatic hydroxyl groups is 1. The van der Waals surface area contributed by atoms with Gasteiger partial charge in [-0.1, -0.05) is 13.8 Å². The van der Waals surface area contributed by atoms with Gasteiger partial charge in [0.15, 0.2) is 0 Å². The van der Waals surface area contributed by atoms with Crippen molar-refractivity contribution in [1.82, 2.24) is 0 Å². The number of ether oxygens (including phenoxy) is 1. The van der Waals surface area contributed by atoms with Gasteiger partial charge < -0.3 is 9.84 Å². The van der Waals surface area contributed by atoms with Crippen LogP contribution in [0.25, 0.3) is 0 Å². The normalized spacial score (nSPS) is 34.8. The molecule has 1 aliphatic rings. The third kappa shape index (κ3) is 1.70. The maximum Gasteiger partial charge on any atom is 0.0614 e. The van der Waals surface area contributed by atoms with Crippen molar-refractivity contribution in [3.8, 4) is 0 Å². The molecule has 10 heavy (non-hydrogen) atoms. The molecular weight excluding hydrogens is 128 g/mol. The Bertz CT molecular complexity index is 101. The zero-order chi connectivity index (χ0) is 7.56. The molecule has 1 saturated heterocycles. The second-order valence-electron chi connectivity index (χ2n) is 3.34. The molecule has 1 N–H and O–H groups in total. The van der Waals surface area contributed by atoms with Gasteiger partial charge in [0, 0.05) is 12.5 Å². The van der Waals surface area contributed by atoms with Gasteiger partial charge in [-0.3, -0.25) is 0 Å². The Morgan fingerprint density at radius 3 is 2.60 bits per heavy atom. The van der Waals surface area contributed by atoms with E-state index in [1.165, 1.54) is 0 Å². The highest BCUT2D eigenvalue weighted by molar-refractivity contribution is 4.74. The van der Waals surface area contributed by atoms with Gasteiger partial charge in [-0.15, -0.1) is 0 Å². The molecule has 2 unspecified atom stereocenters. The van der Waals surface area contributed by atoms with Crippen molar-refractivity contribution in [3.05, 3.63) is 0 Å². The summed E-state index contributed by atoms with van der Waals surface area (Å²) in [5, 5.41) is 9.46. The fraction of sp³-hybridized carbons (Fsp3) is 1.00. The maximum atomic E-state index is 9.46. The molecule has 0 amide bonds. The third-order valence-electron chi connectivity index (χ3n) is 2.22. The lowest BCUT2D eigenvalue weighted by molar-refractivity contribution is -0.0519. The van der Waals surface area contributed by atoms with E-state index in [-0.39, 0.29) is 6.10 Å². The highest BCUT2D eigenvalue weighted by Gasteiger charge is 2.25. The van der Waals surface area contributed by atoms with E-state index in [2.05, 4.69) is 13.8 Å². The number of rotatable bonds is 1. The first kappa shape index (κ1) is 8.02. The maximum absolute atomic E-state index is 9.46. The van der Waals surface area contributed by atoms with Crippen LogP contribution in [0.5, 0.6) is 0 Å². The monoisotopic (exact) mass is 144 g/mol. The molecule has 60 valence electrons. The predicted molar refractivity (Wildman–Crippen MR) is 39.8 cm³/mol. The molecule has 0 aromatic heterocycles. The summed E-state index contributed by atoms with van der Waals surface area (Å²) in [5.74, 6) is 0.893. The van der Waals surface area contributed by atoms with Crippen LogP contribution in [0.1, 0.15) is 20.3 Å². The first-order valence-corrected chi connectivity index (χ1v) is 3.97. The van der Waals surface area contributed by atoms with Crippen LogP contribution in [0.3, 0.4) is 0 Å². The lowest BCUT2D eigenvalue weighted by Crippen LogP contribution is -2.35. The van der Waals surface area contributed by atoms with Crippen molar-refractivity contribution >= 4 is 0 Å². The molecule has 0 spiro atoms. The summed E-state index contributed by atoms with van der Waals surface area (Å²) in [6, 6.07) is 0. The molecule has 0 radical (unpaired) electrons. The standard InChI is InChI=1S/C8H16O2/c1-6(2)7-5-10-4-3-8(7)9/h6-9H,3-5H2,1-2H3. The van der Waals surface area contributed by atoms with Gasteiger partial charge in [0.2, 0.25) is 0 Å². The van der Waals surface area contributed by atoms with E-state index in [0.29, 0.717) is 11.8 Å². The number of aliphatic hydroxyl groups excluding tert-OH is 1. The van der Waals surface area contributed by atoms with E-state index < -0.39 is 0 Å². The van der Waals surface area contributed by atoms with Crippen LogP contribution >= 0.6 is 0 Å². The molecule has 0 saturated carbocycles. The predicted octanol–water partition coefficient (Wildman–Crippen LogP) is 1.04. The minimum absolute atomic E-state index is 0.131. The summed E-state index contributed by atoms with van der Waals surface area (Å²) in [4.78, 5) is 0. The summed E-state index contributed by atoms with van der Waals surface area (Å²) in [6.45, 7) is 5.72. The minimum Gasteiger partial charge on any atom is -0.393 e. The van der Waals surface area contributed by atoms with Crippen LogP contribution in [0, 0.1) is 11.8 Å². The topological polar surface area (TPSA) is 29.5 Å². The molecular formula is C8H16O2. The second-order valence-corrected chi connectivity index (χ2v) is 3.34. The minimum atomic E-state index is -0.131. The lowest BCUT2D eigenvalue weighted by atomic mass is 9.88. The average molecular weight is 144 g/mol. The lowest BCUT2D eigenvalue weighted by Gasteiger charge is -2.30. The van der Waals surface area contributed by atoms with Gasteiger partial charge in [0.25, 0.3) is 0 Å². The van der Waals surface area contributed by atoms with E-state index in [0.717, 1.165) is 19.6 Å². The molecule has 0 aromatic rings. The first-order valence-electron chi connectivity index (χ1n) is 3.97. The fourth-order valence-corrected chi connectivity index (χ4v) is 1.39. The molecule has 1 rings (SSSR count). The molecule has 1 fully saturated rings. The fourth-order valence-electron chi connectivity index (χ4n) is 1.39.